The minimum absolute atomic E-state index is 0.0129. The van der Waals surface area contributed by atoms with Crippen LogP contribution in [0.1, 0.15) is 174 Å². The van der Waals surface area contributed by atoms with Crippen molar-refractivity contribution in [3.05, 3.63) is 0 Å². The lowest BCUT2D eigenvalue weighted by molar-refractivity contribution is -0.143. The average molecular weight is 439 g/mol. The summed E-state index contributed by atoms with van der Waals surface area (Å²) < 4.78 is 5.29. The maximum Gasteiger partial charge on any atom is 0.305 e. The molecule has 0 aliphatic heterocycles. The second-order valence-corrected chi connectivity index (χ2v) is 9.75. The van der Waals surface area contributed by atoms with Crippen LogP contribution in [0, 0.1) is 0 Å². The quantitative estimate of drug-likeness (QED) is 0.0991. The summed E-state index contributed by atoms with van der Waals surface area (Å²) in [6.45, 7) is 5.12. The third-order valence-electron chi connectivity index (χ3n) is 6.50. The van der Waals surface area contributed by atoms with Gasteiger partial charge >= 0.3 is 5.97 Å². The van der Waals surface area contributed by atoms with Crippen LogP contribution in [0.15, 0.2) is 0 Å². The number of hydrogen-bond donors (Lipinski definition) is 0. The summed E-state index contributed by atoms with van der Waals surface area (Å²) >= 11 is 0. The molecule has 0 saturated heterocycles. The van der Waals surface area contributed by atoms with Crippen LogP contribution in [-0.4, -0.2) is 12.6 Å². The van der Waals surface area contributed by atoms with Gasteiger partial charge in [0.1, 0.15) is 0 Å². The molecule has 0 aliphatic rings. The molecule has 0 aromatic rings. The molecule has 2 heteroatoms. The zero-order valence-corrected chi connectivity index (χ0v) is 21.7. The average Bonchev–Trinajstić information content (AvgIpc) is 2.77. The summed E-state index contributed by atoms with van der Waals surface area (Å²) in [5.41, 5.74) is 0. The molecular weight excluding hydrogens is 380 g/mol. The normalized spacial score (nSPS) is 11.2. The zero-order chi connectivity index (χ0) is 22.7. The highest BCUT2D eigenvalue weighted by Gasteiger charge is 2.02. The molecule has 0 aromatic carbocycles. The lowest BCUT2D eigenvalue weighted by Crippen LogP contribution is -2.05. The molecule has 0 spiro atoms. The molecule has 0 aromatic heterocycles. The first-order valence-electron chi connectivity index (χ1n) is 14.5. The van der Waals surface area contributed by atoms with Crippen LogP contribution in [0.2, 0.25) is 0 Å². The van der Waals surface area contributed by atoms with E-state index in [2.05, 4.69) is 13.8 Å². The molecule has 2 nitrogen and oxygen atoms in total. The highest BCUT2D eigenvalue weighted by molar-refractivity contribution is 5.69. The van der Waals surface area contributed by atoms with Crippen LogP contribution in [0.5, 0.6) is 0 Å². The van der Waals surface area contributed by atoms with Gasteiger partial charge in [-0.2, -0.15) is 0 Å². The van der Waals surface area contributed by atoms with Gasteiger partial charge in [-0.15, -0.1) is 0 Å². The van der Waals surface area contributed by atoms with Crippen molar-refractivity contribution < 1.29 is 9.53 Å². The van der Waals surface area contributed by atoms with E-state index in [1.807, 2.05) is 0 Å². The molecule has 0 N–H and O–H groups in total. The monoisotopic (exact) mass is 438 g/mol. The maximum atomic E-state index is 11.6. The molecule has 0 bridgehead atoms. The lowest BCUT2D eigenvalue weighted by atomic mass is 10.0. The summed E-state index contributed by atoms with van der Waals surface area (Å²) in [6, 6.07) is 0. The summed E-state index contributed by atoms with van der Waals surface area (Å²) in [5, 5.41) is 0. The van der Waals surface area contributed by atoms with E-state index in [-0.39, 0.29) is 5.97 Å². The van der Waals surface area contributed by atoms with Crippen molar-refractivity contribution in [2.24, 2.45) is 0 Å². The van der Waals surface area contributed by atoms with Crippen molar-refractivity contribution >= 4 is 5.97 Å². The first kappa shape index (κ1) is 30.5. The van der Waals surface area contributed by atoms with E-state index in [1.54, 1.807) is 0 Å². The van der Waals surface area contributed by atoms with E-state index in [9.17, 15) is 4.79 Å². The fourth-order valence-electron chi connectivity index (χ4n) is 4.31. The van der Waals surface area contributed by atoms with Gasteiger partial charge in [-0.3, -0.25) is 4.79 Å². The second-order valence-electron chi connectivity index (χ2n) is 9.75. The Hall–Kier alpha value is -0.530. The first-order chi connectivity index (χ1) is 15.3. The molecule has 186 valence electrons. The van der Waals surface area contributed by atoms with Gasteiger partial charge in [-0.05, 0) is 12.8 Å². The zero-order valence-electron chi connectivity index (χ0n) is 21.7. The molecule has 0 fully saturated rings. The van der Waals surface area contributed by atoms with Gasteiger partial charge in [-0.1, -0.05) is 155 Å². The second kappa shape index (κ2) is 27.5. The number of esters is 1. The van der Waals surface area contributed by atoms with Gasteiger partial charge in [0.05, 0.1) is 6.61 Å². The van der Waals surface area contributed by atoms with E-state index in [1.165, 1.54) is 141 Å². The van der Waals surface area contributed by atoms with E-state index in [0.29, 0.717) is 13.0 Å². The first-order valence-corrected chi connectivity index (χ1v) is 14.5. The van der Waals surface area contributed by atoms with Crippen molar-refractivity contribution in [1.82, 2.24) is 0 Å². The largest absolute Gasteiger partial charge is 0.466 e. The molecule has 0 aliphatic carbocycles. The van der Waals surface area contributed by atoms with Crippen LogP contribution in [0.25, 0.3) is 0 Å². The minimum atomic E-state index is 0.0129. The van der Waals surface area contributed by atoms with Crippen LogP contribution in [-0.2, 0) is 9.53 Å². The Bertz CT molecular complexity index is 340. The highest BCUT2D eigenvalue weighted by Crippen LogP contribution is 2.15. The molecule has 0 unspecified atom stereocenters. The molecule has 31 heavy (non-hydrogen) atoms. The van der Waals surface area contributed by atoms with Crippen molar-refractivity contribution in [1.29, 1.82) is 0 Å². The molecule has 0 heterocycles. The number of unbranched alkanes of at least 4 members (excludes halogenated alkanes) is 22. The number of carbonyl (C=O) groups is 1. The van der Waals surface area contributed by atoms with E-state index >= 15 is 0 Å². The topological polar surface area (TPSA) is 26.3 Å². The Balaban J connectivity index is 3.08. The lowest BCUT2D eigenvalue weighted by Gasteiger charge is -2.05. The van der Waals surface area contributed by atoms with Crippen molar-refractivity contribution in [2.45, 2.75) is 174 Å². The molecule has 0 atom stereocenters. The predicted molar refractivity (Wildman–Crippen MR) is 138 cm³/mol. The Labute approximate surface area is 196 Å². The third-order valence-corrected chi connectivity index (χ3v) is 6.50. The van der Waals surface area contributed by atoms with E-state index in [0.717, 1.165) is 12.8 Å². The minimum Gasteiger partial charge on any atom is -0.466 e. The number of ether oxygens (including phenoxy) is 1. The fraction of sp³-hybridized carbons (Fsp3) is 0.966. The molecular formula is C29H58O2. The number of hydrogen-bond acceptors (Lipinski definition) is 2. The molecule has 0 saturated carbocycles. The molecule has 0 rings (SSSR count). The smallest absolute Gasteiger partial charge is 0.305 e. The Kier molecular flexibility index (Phi) is 27.0. The fourth-order valence-corrected chi connectivity index (χ4v) is 4.31. The van der Waals surface area contributed by atoms with Crippen LogP contribution < -0.4 is 0 Å². The van der Waals surface area contributed by atoms with Gasteiger partial charge < -0.3 is 4.74 Å². The summed E-state index contributed by atoms with van der Waals surface area (Å²) in [4.78, 5) is 11.6. The standard InChI is InChI=1S/C29H58O2/c1-3-5-7-9-10-11-12-13-14-15-16-17-18-19-20-21-22-23-24-25-27-29(30)31-28-26-8-6-4-2/h3-28H2,1-2H3. The summed E-state index contributed by atoms with van der Waals surface area (Å²) in [7, 11) is 0. The predicted octanol–water partition coefficient (Wildman–Crippen LogP) is 10.3. The van der Waals surface area contributed by atoms with Crippen LogP contribution in [0.4, 0.5) is 0 Å². The van der Waals surface area contributed by atoms with Crippen LogP contribution in [0.3, 0.4) is 0 Å². The molecule has 0 radical (unpaired) electrons. The van der Waals surface area contributed by atoms with Crippen LogP contribution >= 0.6 is 0 Å². The summed E-state index contributed by atoms with van der Waals surface area (Å²) in [6.07, 6.45) is 33.1. The van der Waals surface area contributed by atoms with Gasteiger partial charge in [0.25, 0.3) is 0 Å². The number of carbonyl (C=O) groups excluding carboxylic acids is 1. The SMILES string of the molecule is CCCCCCCCCCCCCCCCCCCCCCC(=O)OCCCCCC. The van der Waals surface area contributed by atoms with Gasteiger partial charge in [-0.25, -0.2) is 0 Å². The van der Waals surface area contributed by atoms with Gasteiger partial charge in [0.15, 0.2) is 0 Å². The maximum absolute atomic E-state index is 11.6. The van der Waals surface area contributed by atoms with E-state index in [4.69, 9.17) is 4.74 Å². The van der Waals surface area contributed by atoms with Gasteiger partial charge in [0, 0.05) is 6.42 Å². The third kappa shape index (κ3) is 27.4. The van der Waals surface area contributed by atoms with E-state index < -0.39 is 0 Å². The Morgan fingerprint density at radius 3 is 1.06 bits per heavy atom. The molecule has 0 amide bonds. The van der Waals surface area contributed by atoms with Gasteiger partial charge in [0.2, 0.25) is 0 Å². The van der Waals surface area contributed by atoms with Crippen molar-refractivity contribution in [3.63, 3.8) is 0 Å². The van der Waals surface area contributed by atoms with Crippen molar-refractivity contribution in [2.75, 3.05) is 6.61 Å². The number of rotatable bonds is 26. The Morgan fingerprint density at radius 2 is 0.710 bits per heavy atom. The highest BCUT2D eigenvalue weighted by atomic mass is 16.5. The van der Waals surface area contributed by atoms with Crippen molar-refractivity contribution in [3.8, 4) is 0 Å². The Morgan fingerprint density at radius 1 is 0.419 bits per heavy atom. The summed E-state index contributed by atoms with van der Waals surface area (Å²) in [5.74, 6) is 0.0129.